The first-order valence-electron chi connectivity index (χ1n) is 5.16. The van der Waals surface area contributed by atoms with Crippen LogP contribution in [0.1, 0.15) is 5.56 Å². The molecule has 2 aromatic rings. The van der Waals surface area contributed by atoms with Crippen molar-refractivity contribution in [2.24, 2.45) is 0 Å². The van der Waals surface area contributed by atoms with Gasteiger partial charge in [-0.2, -0.15) is 0 Å². The lowest BCUT2D eigenvalue weighted by Gasteiger charge is -2.04. The van der Waals surface area contributed by atoms with E-state index in [1.807, 2.05) is 29.6 Å². The summed E-state index contributed by atoms with van der Waals surface area (Å²) < 4.78 is 0. The number of halogens is 1. The molecule has 0 spiro atoms. The Labute approximate surface area is 115 Å². The molecule has 0 aliphatic heterocycles. The second-order valence-corrected chi connectivity index (χ2v) is 4.37. The number of nitrogens with zero attached hydrogens (tertiary/aromatic N) is 1. The molecule has 1 amide bonds. The van der Waals surface area contributed by atoms with Crippen LogP contribution in [0, 0.1) is 0 Å². The largest absolute Gasteiger partial charge is 0.387 e. The molecule has 0 aliphatic carbocycles. The fourth-order valence-electron chi connectivity index (χ4n) is 1.44. The Morgan fingerprint density at radius 3 is 2.94 bits per heavy atom. The first kappa shape index (κ1) is 14.6. The topological polar surface area (TPSA) is 62.2 Å². The van der Waals surface area contributed by atoms with Crippen molar-refractivity contribution < 1.29 is 9.90 Å². The molecule has 0 bridgehead atoms. The number of hydrogen-bond acceptors (Lipinski definition) is 4. The SMILES string of the molecule is Cl.O=C(CO)NCc1cccc(-c2nccs2)c1. The van der Waals surface area contributed by atoms with Crippen LogP contribution in [0.4, 0.5) is 0 Å². The monoisotopic (exact) mass is 284 g/mol. The van der Waals surface area contributed by atoms with Crippen molar-refractivity contribution in [2.75, 3.05) is 6.61 Å². The predicted molar refractivity (Wildman–Crippen MR) is 73.7 cm³/mol. The van der Waals surface area contributed by atoms with Crippen molar-refractivity contribution in [1.82, 2.24) is 10.3 Å². The summed E-state index contributed by atoms with van der Waals surface area (Å²) in [6, 6.07) is 7.82. The molecule has 6 heteroatoms. The molecule has 4 nitrogen and oxygen atoms in total. The van der Waals surface area contributed by atoms with E-state index < -0.39 is 6.61 Å². The van der Waals surface area contributed by atoms with Gasteiger partial charge in [0, 0.05) is 23.7 Å². The van der Waals surface area contributed by atoms with Crippen molar-refractivity contribution in [3.63, 3.8) is 0 Å². The molecular weight excluding hydrogens is 272 g/mol. The summed E-state index contributed by atoms with van der Waals surface area (Å²) in [5, 5.41) is 14.1. The Balaban J connectivity index is 0.00000162. The van der Waals surface area contributed by atoms with Crippen molar-refractivity contribution in [1.29, 1.82) is 0 Å². The highest BCUT2D eigenvalue weighted by molar-refractivity contribution is 7.13. The number of benzene rings is 1. The van der Waals surface area contributed by atoms with Gasteiger partial charge in [-0.3, -0.25) is 4.79 Å². The van der Waals surface area contributed by atoms with Gasteiger partial charge >= 0.3 is 0 Å². The van der Waals surface area contributed by atoms with E-state index >= 15 is 0 Å². The van der Waals surface area contributed by atoms with Gasteiger partial charge < -0.3 is 10.4 Å². The van der Waals surface area contributed by atoms with Crippen LogP contribution in [0.2, 0.25) is 0 Å². The van der Waals surface area contributed by atoms with Gasteiger partial charge in [0.15, 0.2) is 0 Å². The molecule has 96 valence electrons. The molecule has 0 radical (unpaired) electrons. The zero-order chi connectivity index (χ0) is 12.1. The molecule has 0 fully saturated rings. The summed E-state index contributed by atoms with van der Waals surface area (Å²) in [5.74, 6) is -0.371. The zero-order valence-electron chi connectivity index (χ0n) is 9.50. The summed E-state index contributed by atoms with van der Waals surface area (Å²) in [6.45, 7) is -0.0647. The Bertz CT molecular complexity index is 503. The average Bonchev–Trinajstić information content (AvgIpc) is 2.90. The summed E-state index contributed by atoms with van der Waals surface area (Å²) in [4.78, 5) is 15.2. The van der Waals surface area contributed by atoms with E-state index in [-0.39, 0.29) is 18.3 Å². The molecule has 0 aliphatic rings. The second-order valence-electron chi connectivity index (χ2n) is 3.47. The second kappa shape index (κ2) is 7.10. The van der Waals surface area contributed by atoms with Crippen molar-refractivity contribution in [3.8, 4) is 10.6 Å². The summed E-state index contributed by atoms with van der Waals surface area (Å²) >= 11 is 1.58. The minimum atomic E-state index is -0.480. The maximum absolute atomic E-state index is 10.9. The number of amides is 1. The lowest BCUT2D eigenvalue weighted by Crippen LogP contribution is -2.25. The van der Waals surface area contributed by atoms with Crippen LogP contribution in [0.25, 0.3) is 10.6 Å². The summed E-state index contributed by atoms with van der Waals surface area (Å²) in [7, 11) is 0. The van der Waals surface area contributed by atoms with Crippen LogP contribution in [0.3, 0.4) is 0 Å². The number of aliphatic hydroxyl groups excluding tert-OH is 1. The van der Waals surface area contributed by atoms with Crippen LogP contribution in [0.5, 0.6) is 0 Å². The van der Waals surface area contributed by atoms with E-state index in [4.69, 9.17) is 5.11 Å². The zero-order valence-corrected chi connectivity index (χ0v) is 11.1. The molecule has 0 saturated heterocycles. The highest BCUT2D eigenvalue weighted by Crippen LogP contribution is 2.22. The standard InChI is InChI=1S/C12H12N2O2S.ClH/c15-8-11(16)14-7-9-2-1-3-10(6-9)12-13-4-5-17-12;/h1-6,15H,7-8H2,(H,14,16);1H. The normalized spacial score (nSPS) is 9.61. The lowest BCUT2D eigenvalue weighted by atomic mass is 10.1. The number of aliphatic hydroxyl groups is 1. The fourth-order valence-corrected chi connectivity index (χ4v) is 2.07. The van der Waals surface area contributed by atoms with E-state index in [1.165, 1.54) is 0 Å². The van der Waals surface area contributed by atoms with E-state index in [1.54, 1.807) is 17.5 Å². The van der Waals surface area contributed by atoms with Gasteiger partial charge in [-0.1, -0.05) is 18.2 Å². The molecule has 1 aromatic heterocycles. The summed E-state index contributed by atoms with van der Waals surface area (Å²) in [6.07, 6.45) is 1.76. The first-order chi connectivity index (χ1) is 8.29. The average molecular weight is 285 g/mol. The van der Waals surface area contributed by atoms with E-state index in [0.717, 1.165) is 16.1 Å². The predicted octanol–water partition coefficient (Wildman–Crippen LogP) is 1.84. The van der Waals surface area contributed by atoms with Gasteiger partial charge in [-0.25, -0.2) is 4.98 Å². The fraction of sp³-hybridized carbons (Fsp3) is 0.167. The third kappa shape index (κ3) is 3.80. The Morgan fingerprint density at radius 1 is 1.44 bits per heavy atom. The van der Waals surface area contributed by atoms with E-state index in [9.17, 15) is 4.79 Å². The number of aromatic nitrogens is 1. The van der Waals surface area contributed by atoms with Gasteiger partial charge in [0.25, 0.3) is 0 Å². The quantitative estimate of drug-likeness (QED) is 0.900. The van der Waals surface area contributed by atoms with Gasteiger partial charge in [0.1, 0.15) is 11.6 Å². The molecule has 1 heterocycles. The Hall–Kier alpha value is -1.43. The molecule has 0 unspecified atom stereocenters. The maximum Gasteiger partial charge on any atom is 0.245 e. The number of carbonyl (C=O) groups excluding carboxylic acids is 1. The van der Waals surface area contributed by atoms with Gasteiger partial charge in [0.2, 0.25) is 5.91 Å². The molecule has 18 heavy (non-hydrogen) atoms. The minimum Gasteiger partial charge on any atom is -0.387 e. The number of rotatable bonds is 4. The minimum absolute atomic E-state index is 0. The third-order valence-corrected chi connectivity index (χ3v) is 3.06. The number of hydrogen-bond donors (Lipinski definition) is 2. The van der Waals surface area contributed by atoms with Gasteiger partial charge in [-0.05, 0) is 11.6 Å². The summed E-state index contributed by atoms with van der Waals surface area (Å²) in [5.41, 5.74) is 2.02. The molecule has 0 saturated carbocycles. The van der Waals surface area contributed by atoms with Gasteiger partial charge in [-0.15, -0.1) is 23.7 Å². The van der Waals surface area contributed by atoms with Crippen molar-refractivity contribution >= 4 is 29.7 Å². The number of carbonyl (C=O) groups is 1. The molecule has 1 aromatic carbocycles. The highest BCUT2D eigenvalue weighted by atomic mass is 35.5. The van der Waals surface area contributed by atoms with E-state index in [0.29, 0.717) is 6.54 Å². The maximum atomic E-state index is 10.9. The van der Waals surface area contributed by atoms with Crippen molar-refractivity contribution in [3.05, 3.63) is 41.4 Å². The van der Waals surface area contributed by atoms with Crippen LogP contribution >= 0.6 is 23.7 Å². The van der Waals surface area contributed by atoms with Crippen LogP contribution in [-0.2, 0) is 11.3 Å². The van der Waals surface area contributed by atoms with E-state index in [2.05, 4.69) is 10.3 Å². The number of thiazole rings is 1. The molecule has 0 atom stereocenters. The lowest BCUT2D eigenvalue weighted by molar-refractivity contribution is -0.123. The first-order valence-corrected chi connectivity index (χ1v) is 6.04. The molecular formula is C12H13ClN2O2S. The third-order valence-electron chi connectivity index (χ3n) is 2.24. The smallest absolute Gasteiger partial charge is 0.245 e. The van der Waals surface area contributed by atoms with Gasteiger partial charge in [0.05, 0.1) is 0 Å². The Morgan fingerprint density at radius 2 is 2.28 bits per heavy atom. The Kier molecular flexibility index (Phi) is 5.77. The van der Waals surface area contributed by atoms with Crippen LogP contribution < -0.4 is 5.32 Å². The number of nitrogens with one attached hydrogen (secondary N) is 1. The highest BCUT2D eigenvalue weighted by Gasteiger charge is 2.02. The van der Waals surface area contributed by atoms with Crippen molar-refractivity contribution in [2.45, 2.75) is 6.54 Å². The van der Waals surface area contributed by atoms with Crippen LogP contribution in [-0.4, -0.2) is 22.6 Å². The molecule has 2 rings (SSSR count). The molecule has 2 N–H and O–H groups in total. The van der Waals surface area contributed by atoms with Crippen LogP contribution in [0.15, 0.2) is 35.8 Å².